The molecule has 3 N–H and O–H groups in total. The Hall–Kier alpha value is -0.760. The third-order valence-corrected chi connectivity index (χ3v) is 1.62. The quantitative estimate of drug-likeness (QED) is 0.657. The lowest BCUT2D eigenvalue weighted by atomic mass is 10.1. The molecule has 1 rings (SSSR count). The number of aromatic amines is 1. The maximum atomic E-state index is 5.82. The van der Waals surface area contributed by atoms with Crippen LogP contribution in [-0.4, -0.2) is 4.98 Å². The van der Waals surface area contributed by atoms with Crippen molar-refractivity contribution in [2.75, 3.05) is 0 Å². The Morgan fingerprint density at radius 2 is 2.50 bits per heavy atom. The molecule has 0 saturated carbocycles. The molecule has 2 nitrogen and oxygen atoms in total. The van der Waals surface area contributed by atoms with Crippen LogP contribution in [0.1, 0.15) is 31.5 Å². The number of hydrogen-bond donors (Lipinski definition) is 2. The van der Waals surface area contributed by atoms with E-state index in [1.165, 1.54) is 0 Å². The second-order valence-corrected chi connectivity index (χ2v) is 2.52. The molecule has 10 heavy (non-hydrogen) atoms. The number of hydrogen-bond acceptors (Lipinski definition) is 1. The SMILES string of the molecule is CCC[C@H](N)c1ccc[nH]1. The monoisotopic (exact) mass is 138 g/mol. The maximum absolute atomic E-state index is 5.82. The normalized spacial score (nSPS) is 13.4. The summed E-state index contributed by atoms with van der Waals surface area (Å²) in [7, 11) is 0. The highest BCUT2D eigenvalue weighted by Gasteiger charge is 2.02. The van der Waals surface area contributed by atoms with Crippen LogP contribution >= 0.6 is 0 Å². The average molecular weight is 138 g/mol. The number of rotatable bonds is 3. The summed E-state index contributed by atoms with van der Waals surface area (Å²) in [4.78, 5) is 3.10. The molecule has 0 bridgehead atoms. The lowest BCUT2D eigenvalue weighted by Gasteiger charge is -2.06. The topological polar surface area (TPSA) is 41.8 Å². The maximum Gasteiger partial charge on any atom is 0.0447 e. The lowest BCUT2D eigenvalue weighted by molar-refractivity contribution is 0.625. The molecule has 1 aromatic heterocycles. The molecule has 0 aliphatic heterocycles. The first-order chi connectivity index (χ1) is 4.84. The molecule has 0 aromatic carbocycles. The molecule has 1 atom stereocenters. The first-order valence-electron chi connectivity index (χ1n) is 3.73. The first kappa shape index (κ1) is 7.35. The van der Waals surface area contributed by atoms with Crippen molar-refractivity contribution in [3.63, 3.8) is 0 Å². The van der Waals surface area contributed by atoms with Crippen LogP contribution in [0.5, 0.6) is 0 Å². The van der Waals surface area contributed by atoms with Crippen molar-refractivity contribution in [1.29, 1.82) is 0 Å². The number of H-pyrrole nitrogens is 1. The molecule has 0 amide bonds. The molecular formula is C8H14N2. The number of nitrogens with two attached hydrogens (primary N) is 1. The third kappa shape index (κ3) is 1.61. The van der Waals surface area contributed by atoms with Crippen molar-refractivity contribution < 1.29 is 0 Å². The molecule has 1 aromatic rings. The van der Waals surface area contributed by atoms with E-state index in [0.29, 0.717) is 0 Å². The molecule has 0 aliphatic rings. The summed E-state index contributed by atoms with van der Waals surface area (Å²) in [5.74, 6) is 0. The van der Waals surface area contributed by atoms with Gasteiger partial charge in [0.2, 0.25) is 0 Å². The van der Waals surface area contributed by atoms with E-state index in [2.05, 4.69) is 11.9 Å². The van der Waals surface area contributed by atoms with Crippen LogP contribution in [0.3, 0.4) is 0 Å². The first-order valence-corrected chi connectivity index (χ1v) is 3.73. The molecule has 0 aliphatic carbocycles. The molecule has 0 radical (unpaired) electrons. The van der Waals surface area contributed by atoms with Crippen LogP contribution < -0.4 is 5.73 Å². The molecule has 0 saturated heterocycles. The molecular weight excluding hydrogens is 124 g/mol. The molecule has 0 spiro atoms. The van der Waals surface area contributed by atoms with Crippen molar-refractivity contribution in [1.82, 2.24) is 4.98 Å². The summed E-state index contributed by atoms with van der Waals surface area (Å²) in [6, 6.07) is 4.20. The van der Waals surface area contributed by atoms with Gasteiger partial charge in [0.25, 0.3) is 0 Å². The lowest BCUT2D eigenvalue weighted by Crippen LogP contribution is -2.09. The van der Waals surface area contributed by atoms with Gasteiger partial charge < -0.3 is 10.7 Å². The van der Waals surface area contributed by atoms with Gasteiger partial charge >= 0.3 is 0 Å². The fourth-order valence-corrected chi connectivity index (χ4v) is 1.04. The highest BCUT2D eigenvalue weighted by Crippen LogP contribution is 2.11. The molecule has 0 fully saturated rings. The van der Waals surface area contributed by atoms with E-state index < -0.39 is 0 Å². The summed E-state index contributed by atoms with van der Waals surface area (Å²) in [5, 5.41) is 0. The van der Waals surface area contributed by atoms with Gasteiger partial charge in [0.05, 0.1) is 0 Å². The minimum Gasteiger partial charge on any atom is -0.364 e. The predicted molar refractivity (Wildman–Crippen MR) is 42.6 cm³/mol. The molecule has 2 heteroatoms. The van der Waals surface area contributed by atoms with E-state index >= 15 is 0 Å². The second-order valence-electron chi connectivity index (χ2n) is 2.52. The van der Waals surface area contributed by atoms with Gasteiger partial charge in [-0.1, -0.05) is 13.3 Å². The van der Waals surface area contributed by atoms with Crippen molar-refractivity contribution in [2.45, 2.75) is 25.8 Å². The predicted octanol–water partition coefficient (Wildman–Crippen LogP) is 1.81. The molecule has 1 heterocycles. The zero-order valence-electron chi connectivity index (χ0n) is 6.30. The summed E-state index contributed by atoms with van der Waals surface area (Å²) in [6.45, 7) is 2.14. The highest BCUT2D eigenvalue weighted by molar-refractivity contribution is 5.07. The summed E-state index contributed by atoms with van der Waals surface area (Å²) in [6.07, 6.45) is 4.10. The van der Waals surface area contributed by atoms with Gasteiger partial charge in [-0.25, -0.2) is 0 Å². The Kier molecular flexibility index (Phi) is 2.51. The standard InChI is InChI=1S/C8H14N2/c1-2-4-7(9)8-5-3-6-10-8/h3,5-7,10H,2,4,9H2,1H3/t7-/m0/s1. The van der Waals surface area contributed by atoms with Crippen molar-refractivity contribution in [3.05, 3.63) is 24.0 Å². The van der Waals surface area contributed by atoms with Crippen LogP contribution in [0.4, 0.5) is 0 Å². The average Bonchev–Trinajstić information content (AvgIpc) is 2.38. The van der Waals surface area contributed by atoms with Crippen LogP contribution in [0, 0.1) is 0 Å². The summed E-state index contributed by atoms with van der Waals surface area (Å²) in [5.41, 5.74) is 6.96. The fourth-order valence-electron chi connectivity index (χ4n) is 1.04. The summed E-state index contributed by atoms with van der Waals surface area (Å²) >= 11 is 0. The summed E-state index contributed by atoms with van der Waals surface area (Å²) < 4.78 is 0. The second kappa shape index (κ2) is 3.42. The van der Waals surface area contributed by atoms with Crippen LogP contribution in [0.2, 0.25) is 0 Å². The van der Waals surface area contributed by atoms with E-state index in [1.807, 2.05) is 18.3 Å². The van der Waals surface area contributed by atoms with Crippen molar-refractivity contribution in [2.24, 2.45) is 5.73 Å². The largest absolute Gasteiger partial charge is 0.364 e. The van der Waals surface area contributed by atoms with Gasteiger partial charge in [-0.2, -0.15) is 0 Å². The third-order valence-electron chi connectivity index (χ3n) is 1.62. The van der Waals surface area contributed by atoms with Gasteiger partial charge in [-0.05, 0) is 18.6 Å². The van der Waals surface area contributed by atoms with Gasteiger partial charge in [0, 0.05) is 17.9 Å². The smallest absolute Gasteiger partial charge is 0.0447 e. The Morgan fingerprint density at radius 1 is 1.70 bits per heavy atom. The van der Waals surface area contributed by atoms with E-state index in [1.54, 1.807) is 0 Å². The van der Waals surface area contributed by atoms with E-state index in [0.717, 1.165) is 18.5 Å². The van der Waals surface area contributed by atoms with E-state index in [9.17, 15) is 0 Å². The molecule has 0 unspecified atom stereocenters. The van der Waals surface area contributed by atoms with Gasteiger partial charge in [0.1, 0.15) is 0 Å². The van der Waals surface area contributed by atoms with E-state index in [-0.39, 0.29) is 6.04 Å². The molecule has 56 valence electrons. The van der Waals surface area contributed by atoms with E-state index in [4.69, 9.17) is 5.73 Å². The minimum absolute atomic E-state index is 0.194. The Balaban J connectivity index is 2.50. The van der Waals surface area contributed by atoms with Gasteiger partial charge in [-0.3, -0.25) is 0 Å². The van der Waals surface area contributed by atoms with Crippen LogP contribution in [0.15, 0.2) is 18.3 Å². The highest BCUT2D eigenvalue weighted by atomic mass is 14.8. The Labute approximate surface area is 61.4 Å². The zero-order valence-corrected chi connectivity index (χ0v) is 6.30. The number of nitrogens with one attached hydrogen (secondary N) is 1. The zero-order chi connectivity index (χ0) is 7.40. The van der Waals surface area contributed by atoms with Gasteiger partial charge in [0.15, 0.2) is 0 Å². The Morgan fingerprint density at radius 3 is 3.00 bits per heavy atom. The number of aromatic nitrogens is 1. The minimum atomic E-state index is 0.194. The van der Waals surface area contributed by atoms with Gasteiger partial charge in [-0.15, -0.1) is 0 Å². The fraction of sp³-hybridized carbons (Fsp3) is 0.500. The van der Waals surface area contributed by atoms with Crippen molar-refractivity contribution >= 4 is 0 Å². The van der Waals surface area contributed by atoms with Crippen molar-refractivity contribution in [3.8, 4) is 0 Å². The van der Waals surface area contributed by atoms with Crippen LogP contribution in [-0.2, 0) is 0 Å². The van der Waals surface area contributed by atoms with Crippen LogP contribution in [0.25, 0.3) is 0 Å². The Bertz CT molecular complexity index is 167.